The summed E-state index contributed by atoms with van der Waals surface area (Å²) in [5.74, 6) is 1.65. The van der Waals surface area contributed by atoms with Gasteiger partial charge in [-0.15, -0.1) is 0 Å². The van der Waals surface area contributed by atoms with Gasteiger partial charge in [0.25, 0.3) is 5.89 Å². The van der Waals surface area contributed by atoms with Crippen LogP contribution in [-0.4, -0.2) is 40.3 Å². The fourth-order valence-electron chi connectivity index (χ4n) is 3.33. The summed E-state index contributed by atoms with van der Waals surface area (Å²) in [6.45, 7) is 1.48. The Bertz CT molecular complexity index is 984. The van der Waals surface area contributed by atoms with Gasteiger partial charge in [-0.05, 0) is 37.1 Å². The number of aromatic nitrogens is 3. The fraction of sp³-hybridized carbons (Fsp3) is 0.263. The number of hydrogen-bond acceptors (Lipinski definition) is 6. The molecule has 4 rings (SSSR count). The Labute approximate surface area is 166 Å². The van der Waals surface area contributed by atoms with Crippen LogP contribution in [0.3, 0.4) is 0 Å². The Morgan fingerprint density at radius 1 is 1.25 bits per heavy atom. The van der Waals surface area contributed by atoms with Crippen molar-refractivity contribution in [3.05, 3.63) is 47.6 Å². The molecular weight excluding hydrogens is 380 g/mol. The van der Waals surface area contributed by atoms with E-state index in [0.29, 0.717) is 16.7 Å². The van der Waals surface area contributed by atoms with Crippen LogP contribution in [0.25, 0.3) is 22.8 Å². The van der Waals surface area contributed by atoms with E-state index in [2.05, 4.69) is 25.3 Å². The Morgan fingerprint density at radius 2 is 2.07 bits per heavy atom. The van der Waals surface area contributed by atoms with Crippen molar-refractivity contribution in [2.75, 3.05) is 18.0 Å². The highest BCUT2D eigenvalue weighted by atomic mass is 35.5. The molecule has 0 atom stereocenters. The predicted octanol–water partition coefficient (Wildman–Crippen LogP) is 3.09. The normalized spacial score (nSPS) is 14.8. The molecule has 1 aliphatic rings. The zero-order chi connectivity index (χ0) is 19.5. The first-order valence-corrected chi connectivity index (χ1v) is 9.34. The molecule has 0 radical (unpaired) electrons. The van der Waals surface area contributed by atoms with Crippen molar-refractivity contribution >= 4 is 23.4 Å². The number of primary amides is 1. The molecule has 144 valence electrons. The van der Waals surface area contributed by atoms with Gasteiger partial charge in [0.2, 0.25) is 5.82 Å². The number of benzene rings is 1. The molecule has 28 heavy (non-hydrogen) atoms. The molecule has 8 nitrogen and oxygen atoms in total. The number of rotatable bonds is 4. The second-order valence-electron chi connectivity index (χ2n) is 6.58. The van der Waals surface area contributed by atoms with Crippen LogP contribution in [0.15, 0.2) is 47.1 Å². The van der Waals surface area contributed by atoms with Gasteiger partial charge in [0.1, 0.15) is 5.82 Å². The number of nitrogens with one attached hydrogen (secondary N) is 1. The summed E-state index contributed by atoms with van der Waals surface area (Å²) in [6.07, 6.45) is 3.31. The molecule has 0 bridgehead atoms. The van der Waals surface area contributed by atoms with E-state index in [1.165, 1.54) is 0 Å². The maximum atomic E-state index is 11.0. The maximum Gasteiger partial charge on any atom is 0.312 e. The average Bonchev–Trinajstić information content (AvgIpc) is 3.18. The third kappa shape index (κ3) is 3.91. The second-order valence-corrected chi connectivity index (χ2v) is 7.01. The number of carbonyl (C=O) groups is 1. The minimum Gasteiger partial charge on any atom is -0.356 e. The van der Waals surface area contributed by atoms with Crippen LogP contribution in [-0.2, 0) is 0 Å². The van der Waals surface area contributed by atoms with Crippen LogP contribution in [0.5, 0.6) is 0 Å². The largest absolute Gasteiger partial charge is 0.356 e. The van der Waals surface area contributed by atoms with Gasteiger partial charge < -0.3 is 20.5 Å². The number of nitrogens with two attached hydrogens (primary N) is 1. The van der Waals surface area contributed by atoms with E-state index >= 15 is 0 Å². The number of nitrogens with zero attached hydrogens (tertiary/aromatic N) is 4. The predicted molar refractivity (Wildman–Crippen MR) is 106 cm³/mol. The van der Waals surface area contributed by atoms with Crippen molar-refractivity contribution < 1.29 is 9.32 Å². The molecule has 1 saturated heterocycles. The van der Waals surface area contributed by atoms with Crippen molar-refractivity contribution in [1.29, 1.82) is 0 Å². The van der Waals surface area contributed by atoms with Crippen LogP contribution in [0.1, 0.15) is 12.8 Å². The highest BCUT2D eigenvalue weighted by Crippen LogP contribution is 2.31. The molecule has 0 spiro atoms. The Kier molecular flexibility index (Phi) is 5.12. The van der Waals surface area contributed by atoms with Crippen molar-refractivity contribution in [2.24, 2.45) is 5.73 Å². The van der Waals surface area contributed by atoms with Gasteiger partial charge in [-0.3, -0.25) is 0 Å². The Hall–Kier alpha value is -3.13. The lowest BCUT2D eigenvalue weighted by Gasteiger charge is -2.33. The molecule has 0 aliphatic carbocycles. The van der Waals surface area contributed by atoms with Crippen LogP contribution < -0.4 is 16.0 Å². The second kappa shape index (κ2) is 7.85. The van der Waals surface area contributed by atoms with Gasteiger partial charge >= 0.3 is 6.03 Å². The molecule has 2 amide bonds. The van der Waals surface area contributed by atoms with E-state index in [1.807, 2.05) is 24.3 Å². The van der Waals surface area contributed by atoms with E-state index in [4.69, 9.17) is 21.9 Å². The highest BCUT2D eigenvalue weighted by Gasteiger charge is 2.24. The van der Waals surface area contributed by atoms with Gasteiger partial charge in [0, 0.05) is 35.9 Å². The van der Waals surface area contributed by atoms with Gasteiger partial charge in [0.15, 0.2) is 0 Å². The van der Waals surface area contributed by atoms with E-state index in [-0.39, 0.29) is 6.04 Å². The molecule has 9 heteroatoms. The van der Waals surface area contributed by atoms with Crippen molar-refractivity contribution in [2.45, 2.75) is 18.9 Å². The fourth-order valence-corrected chi connectivity index (χ4v) is 3.52. The molecule has 0 saturated carbocycles. The van der Waals surface area contributed by atoms with Gasteiger partial charge in [-0.2, -0.15) is 4.98 Å². The lowest BCUT2D eigenvalue weighted by molar-refractivity contribution is 0.242. The van der Waals surface area contributed by atoms with Crippen LogP contribution in [0.2, 0.25) is 5.02 Å². The Balaban J connectivity index is 1.57. The zero-order valence-electron chi connectivity index (χ0n) is 15.0. The monoisotopic (exact) mass is 398 g/mol. The first-order valence-electron chi connectivity index (χ1n) is 8.96. The summed E-state index contributed by atoms with van der Waals surface area (Å²) in [7, 11) is 0. The number of halogens is 1. The molecule has 3 N–H and O–H groups in total. The number of anilines is 1. The summed E-state index contributed by atoms with van der Waals surface area (Å²) in [5.41, 5.74) is 6.77. The van der Waals surface area contributed by atoms with Crippen molar-refractivity contribution in [3.63, 3.8) is 0 Å². The number of pyridine rings is 1. The summed E-state index contributed by atoms with van der Waals surface area (Å²) in [5, 5.41) is 7.46. The van der Waals surface area contributed by atoms with Gasteiger partial charge in [-0.25, -0.2) is 9.78 Å². The number of hydrogen-bond donors (Lipinski definition) is 2. The zero-order valence-corrected chi connectivity index (χ0v) is 15.8. The minimum absolute atomic E-state index is 0.0822. The minimum atomic E-state index is -0.489. The first-order chi connectivity index (χ1) is 13.6. The van der Waals surface area contributed by atoms with Crippen LogP contribution >= 0.6 is 11.6 Å². The summed E-state index contributed by atoms with van der Waals surface area (Å²) in [6, 6.07) is 10.6. The van der Waals surface area contributed by atoms with Crippen molar-refractivity contribution in [3.8, 4) is 22.8 Å². The van der Waals surface area contributed by atoms with E-state index in [9.17, 15) is 4.79 Å². The summed E-state index contributed by atoms with van der Waals surface area (Å²) in [4.78, 5) is 22.2. The van der Waals surface area contributed by atoms with Crippen molar-refractivity contribution in [1.82, 2.24) is 20.4 Å². The standard InChI is InChI=1S/C19H19ClN6O2/c20-13-4-1-3-12(11-13)16-24-18(28-25-16)15-5-2-8-22-17(15)26-9-6-14(7-10-26)23-19(21)27/h1-5,8,11,14H,6-7,9-10H2,(H3,21,23,27). The molecule has 1 aliphatic heterocycles. The van der Waals surface area contributed by atoms with E-state index in [0.717, 1.165) is 42.9 Å². The molecule has 1 aromatic carbocycles. The summed E-state index contributed by atoms with van der Waals surface area (Å²) >= 11 is 6.05. The maximum absolute atomic E-state index is 11.0. The molecule has 1 fully saturated rings. The smallest absolute Gasteiger partial charge is 0.312 e. The Morgan fingerprint density at radius 3 is 2.82 bits per heavy atom. The SMILES string of the molecule is NC(=O)NC1CCN(c2ncccc2-c2nc(-c3cccc(Cl)c3)no2)CC1. The number of urea groups is 1. The molecular formula is C19H19ClN6O2. The van der Waals surface area contributed by atoms with Gasteiger partial charge in [0.05, 0.1) is 5.56 Å². The molecule has 0 unspecified atom stereocenters. The van der Waals surface area contributed by atoms with Crippen LogP contribution in [0.4, 0.5) is 10.6 Å². The lowest BCUT2D eigenvalue weighted by Crippen LogP contribution is -2.46. The molecule has 2 aromatic heterocycles. The quantitative estimate of drug-likeness (QED) is 0.698. The number of piperidine rings is 1. The lowest BCUT2D eigenvalue weighted by atomic mass is 10.0. The molecule has 3 heterocycles. The first kappa shape index (κ1) is 18.2. The summed E-state index contributed by atoms with van der Waals surface area (Å²) < 4.78 is 5.51. The third-order valence-electron chi connectivity index (χ3n) is 4.67. The van der Waals surface area contributed by atoms with E-state index < -0.39 is 6.03 Å². The number of carbonyl (C=O) groups excluding carboxylic acids is 1. The van der Waals surface area contributed by atoms with Crippen LogP contribution in [0, 0.1) is 0 Å². The topological polar surface area (TPSA) is 110 Å². The van der Waals surface area contributed by atoms with Gasteiger partial charge in [-0.1, -0.05) is 28.9 Å². The molecule has 3 aromatic rings. The average molecular weight is 399 g/mol. The highest BCUT2D eigenvalue weighted by molar-refractivity contribution is 6.30. The number of amides is 2. The van der Waals surface area contributed by atoms with E-state index in [1.54, 1.807) is 18.3 Å². The third-order valence-corrected chi connectivity index (χ3v) is 4.90.